The van der Waals surface area contributed by atoms with Crippen molar-refractivity contribution < 1.29 is 14.6 Å². The Balaban J connectivity index is 1.80. The van der Waals surface area contributed by atoms with Gasteiger partial charge >= 0.3 is 0 Å². The molecule has 0 bridgehead atoms. The molecule has 5 heteroatoms. The van der Waals surface area contributed by atoms with E-state index in [9.17, 15) is 9.90 Å². The molecule has 0 aromatic heterocycles. The number of hydrogen-bond acceptors (Lipinski definition) is 4. The van der Waals surface area contributed by atoms with Crippen LogP contribution in [0.5, 0.6) is 5.75 Å². The largest absolute Gasteiger partial charge is 0.490 e. The number of nitrogens with zero attached hydrogens (tertiary/aromatic N) is 1. The van der Waals surface area contributed by atoms with Crippen molar-refractivity contribution in [3.05, 3.63) is 71.8 Å². The number of rotatable bonds is 7. The van der Waals surface area contributed by atoms with Gasteiger partial charge in [0.2, 0.25) is 0 Å². The first-order valence-electron chi connectivity index (χ1n) is 7.95. The number of benzene rings is 2. The third-order valence-corrected chi connectivity index (χ3v) is 3.27. The Morgan fingerprint density at radius 3 is 2.44 bits per heavy atom. The van der Waals surface area contributed by atoms with Gasteiger partial charge in [-0.15, -0.1) is 0 Å². The highest BCUT2D eigenvalue weighted by Crippen LogP contribution is 2.11. The van der Waals surface area contributed by atoms with Crippen molar-refractivity contribution in [1.29, 1.82) is 0 Å². The number of ether oxygens (including phenoxy) is 1. The summed E-state index contributed by atoms with van der Waals surface area (Å²) in [6, 6.07) is 17.3. The Morgan fingerprint density at radius 1 is 1.12 bits per heavy atom. The molecule has 2 rings (SSSR count). The van der Waals surface area contributed by atoms with Gasteiger partial charge in [0.15, 0.2) is 0 Å². The molecule has 0 saturated heterocycles. The van der Waals surface area contributed by atoms with E-state index >= 15 is 0 Å². The van der Waals surface area contributed by atoms with Gasteiger partial charge in [0.25, 0.3) is 5.91 Å². The van der Waals surface area contributed by atoms with Gasteiger partial charge < -0.3 is 9.84 Å². The van der Waals surface area contributed by atoms with Crippen LogP contribution in [0.4, 0.5) is 0 Å². The molecule has 0 saturated carbocycles. The second-order valence-electron chi connectivity index (χ2n) is 5.95. The Morgan fingerprint density at radius 2 is 1.80 bits per heavy atom. The fraction of sp³-hybridized carbons (Fsp3) is 0.200. The van der Waals surface area contributed by atoms with E-state index < -0.39 is 11.5 Å². The van der Waals surface area contributed by atoms with Crippen LogP contribution >= 0.6 is 0 Å². The first-order valence-corrected chi connectivity index (χ1v) is 7.95. The van der Waals surface area contributed by atoms with Crippen molar-refractivity contribution in [2.75, 3.05) is 6.61 Å². The van der Waals surface area contributed by atoms with Crippen LogP contribution in [-0.4, -0.2) is 29.4 Å². The summed E-state index contributed by atoms with van der Waals surface area (Å²) < 4.78 is 5.64. The number of carbonyl (C=O) groups is 1. The Hall–Kier alpha value is -2.92. The van der Waals surface area contributed by atoms with Crippen LogP contribution in [0.3, 0.4) is 0 Å². The maximum absolute atomic E-state index is 11.5. The van der Waals surface area contributed by atoms with E-state index in [-0.39, 0.29) is 0 Å². The zero-order chi connectivity index (χ0) is 18.1. The number of nitrogens with one attached hydrogen (secondary N) is 1. The third-order valence-electron chi connectivity index (χ3n) is 3.27. The molecular weight excluding hydrogens is 316 g/mol. The van der Waals surface area contributed by atoms with Crippen molar-refractivity contribution in [3.8, 4) is 5.75 Å². The topological polar surface area (TPSA) is 70.9 Å². The fourth-order valence-corrected chi connectivity index (χ4v) is 1.85. The van der Waals surface area contributed by atoms with Gasteiger partial charge in [-0.05, 0) is 55.3 Å². The SMILES string of the molecule is CC(C)(O)C(=O)NN=Cc1ccc(OC/C=C/c2ccccc2)cc1. The molecule has 0 atom stereocenters. The molecule has 130 valence electrons. The Labute approximate surface area is 147 Å². The monoisotopic (exact) mass is 338 g/mol. The van der Waals surface area contributed by atoms with E-state index in [1.54, 1.807) is 0 Å². The zero-order valence-electron chi connectivity index (χ0n) is 14.3. The minimum Gasteiger partial charge on any atom is -0.490 e. The number of hydrazone groups is 1. The van der Waals surface area contributed by atoms with Crippen molar-refractivity contribution in [1.82, 2.24) is 5.43 Å². The van der Waals surface area contributed by atoms with Crippen LogP contribution < -0.4 is 10.2 Å². The normalized spacial score (nSPS) is 11.8. The molecular formula is C20H22N2O3. The third kappa shape index (κ3) is 6.61. The maximum atomic E-state index is 11.5. The van der Waals surface area contributed by atoms with Crippen molar-refractivity contribution in [2.45, 2.75) is 19.4 Å². The van der Waals surface area contributed by atoms with Crippen LogP contribution in [0.15, 0.2) is 65.8 Å². The summed E-state index contributed by atoms with van der Waals surface area (Å²) in [5, 5.41) is 13.3. The van der Waals surface area contributed by atoms with Gasteiger partial charge in [0.1, 0.15) is 18.0 Å². The summed E-state index contributed by atoms with van der Waals surface area (Å²) in [6.07, 6.45) is 5.46. The average Bonchev–Trinajstić information content (AvgIpc) is 2.60. The smallest absolute Gasteiger partial charge is 0.271 e. The lowest BCUT2D eigenvalue weighted by atomic mass is 10.1. The van der Waals surface area contributed by atoms with E-state index in [0.29, 0.717) is 6.61 Å². The van der Waals surface area contributed by atoms with Gasteiger partial charge in [-0.3, -0.25) is 4.79 Å². The van der Waals surface area contributed by atoms with E-state index in [2.05, 4.69) is 10.5 Å². The minimum atomic E-state index is -1.46. The first-order chi connectivity index (χ1) is 11.9. The van der Waals surface area contributed by atoms with E-state index in [4.69, 9.17) is 4.74 Å². The molecule has 0 radical (unpaired) electrons. The maximum Gasteiger partial charge on any atom is 0.271 e. The summed E-state index contributed by atoms with van der Waals surface area (Å²) >= 11 is 0. The van der Waals surface area contributed by atoms with Gasteiger partial charge in [-0.1, -0.05) is 36.4 Å². The highest BCUT2D eigenvalue weighted by molar-refractivity contribution is 5.86. The Kier molecular flexibility index (Phi) is 6.48. The number of aliphatic hydroxyl groups is 1. The lowest BCUT2D eigenvalue weighted by Crippen LogP contribution is -2.39. The molecule has 1 amide bonds. The molecule has 2 N–H and O–H groups in total. The average molecular weight is 338 g/mol. The van der Waals surface area contributed by atoms with Crippen molar-refractivity contribution in [2.24, 2.45) is 5.10 Å². The molecule has 0 spiro atoms. The Bertz CT molecular complexity index is 730. The van der Waals surface area contributed by atoms with E-state index in [0.717, 1.165) is 16.9 Å². The molecule has 0 aliphatic rings. The molecule has 0 aliphatic carbocycles. The second-order valence-corrected chi connectivity index (χ2v) is 5.95. The quantitative estimate of drug-likeness (QED) is 0.602. The zero-order valence-corrected chi connectivity index (χ0v) is 14.3. The molecule has 0 fully saturated rings. The fourth-order valence-electron chi connectivity index (χ4n) is 1.85. The van der Waals surface area contributed by atoms with Crippen LogP contribution in [0.25, 0.3) is 6.08 Å². The lowest BCUT2D eigenvalue weighted by Gasteiger charge is -2.13. The van der Waals surface area contributed by atoms with Crippen molar-refractivity contribution >= 4 is 18.2 Å². The highest BCUT2D eigenvalue weighted by Gasteiger charge is 2.22. The molecule has 0 heterocycles. The predicted octanol–water partition coefficient (Wildman–Crippen LogP) is 3.00. The summed E-state index contributed by atoms with van der Waals surface area (Å²) in [5.41, 5.74) is 2.77. The van der Waals surface area contributed by atoms with Crippen LogP contribution in [-0.2, 0) is 4.79 Å². The molecule has 25 heavy (non-hydrogen) atoms. The van der Waals surface area contributed by atoms with E-state index in [1.807, 2.05) is 66.7 Å². The van der Waals surface area contributed by atoms with E-state index in [1.165, 1.54) is 20.1 Å². The number of hydrogen-bond donors (Lipinski definition) is 2. The predicted molar refractivity (Wildman–Crippen MR) is 99.4 cm³/mol. The van der Waals surface area contributed by atoms with Gasteiger partial charge in [0.05, 0.1) is 6.21 Å². The molecule has 0 aliphatic heterocycles. The molecule has 0 unspecified atom stereocenters. The highest BCUT2D eigenvalue weighted by atomic mass is 16.5. The summed E-state index contributed by atoms with van der Waals surface area (Å²) in [5.74, 6) is 0.185. The van der Waals surface area contributed by atoms with Crippen LogP contribution in [0.1, 0.15) is 25.0 Å². The summed E-state index contributed by atoms with van der Waals surface area (Å²) in [6.45, 7) is 3.27. The second kappa shape index (κ2) is 8.80. The summed E-state index contributed by atoms with van der Waals surface area (Å²) in [7, 11) is 0. The first kappa shape index (κ1) is 18.4. The number of amides is 1. The van der Waals surface area contributed by atoms with Crippen LogP contribution in [0.2, 0.25) is 0 Å². The molecule has 2 aromatic carbocycles. The van der Waals surface area contributed by atoms with Gasteiger partial charge in [0, 0.05) is 0 Å². The standard InChI is InChI=1S/C20H22N2O3/c1-20(2,24)19(23)22-21-15-17-10-12-18(13-11-17)25-14-6-9-16-7-4-3-5-8-16/h3-13,15,24H,14H2,1-2H3,(H,22,23)/b9-6+,21-15?. The number of carbonyl (C=O) groups excluding carboxylic acids is 1. The van der Waals surface area contributed by atoms with Gasteiger partial charge in [-0.2, -0.15) is 5.10 Å². The van der Waals surface area contributed by atoms with Crippen LogP contribution in [0, 0.1) is 0 Å². The molecule has 2 aromatic rings. The van der Waals surface area contributed by atoms with Crippen molar-refractivity contribution in [3.63, 3.8) is 0 Å². The minimum absolute atomic E-state index is 0.476. The lowest BCUT2D eigenvalue weighted by molar-refractivity contribution is -0.136. The van der Waals surface area contributed by atoms with Gasteiger partial charge in [-0.25, -0.2) is 5.43 Å². The summed E-state index contributed by atoms with van der Waals surface area (Å²) in [4.78, 5) is 11.5. The molecule has 5 nitrogen and oxygen atoms in total.